The summed E-state index contributed by atoms with van der Waals surface area (Å²) in [6.07, 6.45) is 0. The van der Waals surface area contributed by atoms with Gasteiger partial charge in [0.25, 0.3) is 0 Å². The number of phenolic OH excluding ortho intramolecular Hbond substituents is 2. The molecular weight excluding hydrogens is 245 g/mol. The van der Waals surface area contributed by atoms with E-state index in [-0.39, 0.29) is 11.7 Å². The SMILES string of the molecule is Oc1cc(F)c(C2CNCc3ccccc32)cc1O. The minimum Gasteiger partial charge on any atom is -0.504 e. The molecule has 0 saturated carbocycles. The molecule has 1 heterocycles. The molecule has 0 amide bonds. The van der Waals surface area contributed by atoms with Crippen LogP contribution in [-0.2, 0) is 6.54 Å². The Morgan fingerprint density at radius 3 is 2.63 bits per heavy atom. The third-order valence-electron chi connectivity index (χ3n) is 3.56. The molecule has 98 valence electrons. The van der Waals surface area contributed by atoms with Crippen molar-refractivity contribution in [1.29, 1.82) is 0 Å². The lowest BCUT2D eigenvalue weighted by molar-refractivity contribution is 0.397. The van der Waals surface area contributed by atoms with Gasteiger partial charge in [-0.15, -0.1) is 0 Å². The van der Waals surface area contributed by atoms with Crippen LogP contribution < -0.4 is 5.32 Å². The highest BCUT2D eigenvalue weighted by Gasteiger charge is 2.24. The lowest BCUT2D eigenvalue weighted by Gasteiger charge is -2.27. The zero-order valence-electron chi connectivity index (χ0n) is 10.2. The van der Waals surface area contributed by atoms with Gasteiger partial charge in [-0.3, -0.25) is 0 Å². The van der Waals surface area contributed by atoms with Gasteiger partial charge in [-0.1, -0.05) is 24.3 Å². The first kappa shape index (κ1) is 12.0. The van der Waals surface area contributed by atoms with E-state index in [0.717, 1.165) is 23.7 Å². The van der Waals surface area contributed by atoms with E-state index in [1.165, 1.54) is 6.07 Å². The zero-order valence-corrected chi connectivity index (χ0v) is 10.2. The molecule has 1 aliphatic heterocycles. The van der Waals surface area contributed by atoms with Crippen LogP contribution in [0.15, 0.2) is 36.4 Å². The van der Waals surface area contributed by atoms with Crippen LogP contribution in [0.3, 0.4) is 0 Å². The van der Waals surface area contributed by atoms with Crippen LogP contribution in [-0.4, -0.2) is 16.8 Å². The quantitative estimate of drug-likeness (QED) is 0.690. The highest BCUT2D eigenvalue weighted by Crippen LogP contribution is 2.36. The van der Waals surface area contributed by atoms with Gasteiger partial charge in [0.05, 0.1) is 0 Å². The van der Waals surface area contributed by atoms with Crippen molar-refractivity contribution in [3.05, 3.63) is 58.9 Å². The van der Waals surface area contributed by atoms with Gasteiger partial charge in [-0.2, -0.15) is 0 Å². The summed E-state index contributed by atoms with van der Waals surface area (Å²) in [5.74, 6) is -1.38. The third kappa shape index (κ3) is 2.04. The predicted octanol–water partition coefficient (Wildman–Crippen LogP) is 2.47. The summed E-state index contributed by atoms with van der Waals surface area (Å²) >= 11 is 0. The standard InChI is InChI=1S/C15H14FNO2/c16-13-6-15(19)14(18)5-11(13)12-8-17-7-9-3-1-2-4-10(9)12/h1-6,12,17-19H,7-8H2. The number of nitrogens with one attached hydrogen (secondary N) is 1. The van der Waals surface area contributed by atoms with Gasteiger partial charge >= 0.3 is 0 Å². The molecule has 0 spiro atoms. The molecule has 3 N–H and O–H groups in total. The van der Waals surface area contributed by atoms with E-state index in [0.29, 0.717) is 12.1 Å². The van der Waals surface area contributed by atoms with Crippen LogP contribution in [0, 0.1) is 5.82 Å². The second kappa shape index (κ2) is 4.55. The van der Waals surface area contributed by atoms with Crippen molar-refractivity contribution in [2.24, 2.45) is 0 Å². The maximum atomic E-state index is 14.0. The Morgan fingerprint density at radius 1 is 1.05 bits per heavy atom. The molecule has 1 unspecified atom stereocenters. The van der Waals surface area contributed by atoms with Crippen LogP contribution >= 0.6 is 0 Å². The molecular formula is C15H14FNO2. The van der Waals surface area contributed by atoms with E-state index in [2.05, 4.69) is 5.32 Å². The van der Waals surface area contributed by atoms with Gasteiger partial charge in [0, 0.05) is 30.6 Å². The van der Waals surface area contributed by atoms with Crippen molar-refractivity contribution in [1.82, 2.24) is 5.32 Å². The number of phenols is 2. The number of hydrogen-bond acceptors (Lipinski definition) is 3. The average molecular weight is 259 g/mol. The summed E-state index contributed by atoms with van der Waals surface area (Å²) < 4.78 is 14.0. The predicted molar refractivity (Wildman–Crippen MR) is 69.7 cm³/mol. The van der Waals surface area contributed by atoms with Crippen molar-refractivity contribution in [3.8, 4) is 11.5 Å². The molecule has 3 nitrogen and oxygen atoms in total. The second-order valence-corrected chi connectivity index (χ2v) is 4.74. The Labute approximate surface area is 110 Å². The Kier molecular flexibility index (Phi) is 2.87. The molecule has 0 aromatic heterocycles. The Hall–Kier alpha value is -2.07. The second-order valence-electron chi connectivity index (χ2n) is 4.74. The summed E-state index contributed by atoms with van der Waals surface area (Å²) in [7, 11) is 0. The van der Waals surface area contributed by atoms with Crippen LogP contribution in [0.5, 0.6) is 11.5 Å². The normalized spacial score (nSPS) is 18.1. The maximum absolute atomic E-state index is 14.0. The van der Waals surface area contributed by atoms with Gasteiger partial charge in [0.2, 0.25) is 0 Å². The Bertz CT molecular complexity index is 628. The molecule has 1 atom stereocenters. The van der Waals surface area contributed by atoms with E-state index in [4.69, 9.17) is 0 Å². The van der Waals surface area contributed by atoms with Crippen LogP contribution in [0.4, 0.5) is 4.39 Å². The van der Waals surface area contributed by atoms with Crippen LogP contribution in [0.25, 0.3) is 0 Å². The minimum atomic E-state index is -0.501. The molecule has 19 heavy (non-hydrogen) atoms. The van der Waals surface area contributed by atoms with Gasteiger partial charge in [-0.05, 0) is 17.2 Å². The Morgan fingerprint density at radius 2 is 1.79 bits per heavy atom. The molecule has 4 heteroatoms. The maximum Gasteiger partial charge on any atom is 0.160 e. The van der Waals surface area contributed by atoms with Crippen molar-refractivity contribution in [2.75, 3.05) is 6.54 Å². The molecule has 2 aromatic rings. The topological polar surface area (TPSA) is 52.5 Å². The first-order valence-corrected chi connectivity index (χ1v) is 6.16. The third-order valence-corrected chi connectivity index (χ3v) is 3.56. The number of fused-ring (bicyclic) bond motifs is 1. The fraction of sp³-hybridized carbons (Fsp3) is 0.200. The molecule has 0 fully saturated rings. The number of aromatic hydroxyl groups is 2. The van der Waals surface area contributed by atoms with Crippen LogP contribution in [0.1, 0.15) is 22.6 Å². The van der Waals surface area contributed by atoms with Gasteiger partial charge in [-0.25, -0.2) is 4.39 Å². The van der Waals surface area contributed by atoms with Crippen molar-refractivity contribution < 1.29 is 14.6 Å². The summed E-state index contributed by atoms with van der Waals surface area (Å²) in [5.41, 5.74) is 2.59. The number of benzene rings is 2. The van der Waals surface area contributed by atoms with E-state index >= 15 is 0 Å². The van der Waals surface area contributed by atoms with E-state index in [1.807, 2.05) is 24.3 Å². The summed E-state index contributed by atoms with van der Waals surface area (Å²) in [4.78, 5) is 0. The molecule has 0 saturated heterocycles. The first-order chi connectivity index (χ1) is 9.16. The minimum absolute atomic E-state index is 0.156. The van der Waals surface area contributed by atoms with Crippen molar-refractivity contribution >= 4 is 0 Å². The highest BCUT2D eigenvalue weighted by molar-refractivity contribution is 5.47. The first-order valence-electron chi connectivity index (χ1n) is 6.16. The highest BCUT2D eigenvalue weighted by atomic mass is 19.1. The van der Waals surface area contributed by atoms with Crippen LogP contribution in [0.2, 0.25) is 0 Å². The molecule has 0 bridgehead atoms. The summed E-state index contributed by atoms with van der Waals surface area (Å²) in [6.45, 7) is 1.37. The van der Waals surface area contributed by atoms with Gasteiger partial charge < -0.3 is 15.5 Å². The average Bonchev–Trinajstić information content (AvgIpc) is 2.42. The molecule has 3 rings (SSSR count). The van der Waals surface area contributed by atoms with Gasteiger partial charge in [0.1, 0.15) is 5.82 Å². The molecule has 1 aliphatic rings. The molecule has 0 radical (unpaired) electrons. The smallest absolute Gasteiger partial charge is 0.160 e. The monoisotopic (exact) mass is 259 g/mol. The lowest BCUT2D eigenvalue weighted by atomic mass is 9.85. The number of rotatable bonds is 1. The fourth-order valence-electron chi connectivity index (χ4n) is 2.61. The Balaban J connectivity index is 2.11. The fourth-order valence-corrected chi connectivity index (χ4v) is 2.61. The molecule has 2 aromatic carbocycles. The van der Waals surface area contributed by atoms with Crippen molar-refractivity contribution in [2.45, 2.75) is 12.5 Å². The van der Waals surface area contributed by atoms with E-state index in [1.54, 1.807) is 0 Å². The van der Waals surface area contributed by atoms with Gasteiger partial charge in [0.15, 0.2) is 11.5 Å². The van der Waals surface area contributed by atoms with Crippen molar-refractivity contribution in [3.63, 3.8) is 0 Å². The molecule has 0 aliphatic carbocycles. The number of halogens is 1. The van der Waals surface area contributed by atoms with E-state index in [9.17, 15) is 14.6 Å². The van der Waals surface area contributed by atoms with E-state index < -0.39 is 11.6 Å². The summed E-state index contributed by atoms with van der Waals surface area (Å²) in [6, 6.07) is 10.1. The summed E-state index contributed by atoms with van der Waals surface area (Å²) in [5, 5.41) is 22.1. The number of hydrogen-bond donors (Lipinski definition) is 3. The lowest BCUT2D eigenvalue weighted by Crippen LogP contribution is -2.29. The largest absolute Gasteiger partial charge is 0.504 e. The zero-order chi connectivity index (χ0) is 13.4.